The van der Waals surface area contributed by atoms with Crippen molar-refractivity contribution >= 4 is 35.4 Å². The molecule has 150 valence electrons. The minimum atomic E-state index is -1.23. The van der Waals surface area contributed by atoms with Crippen LogP contribution >= 0.6 is 12.6 Å². The highest BCUT2D eigenvalue weighted by molar-refractivity contribution is 7.80. The van der Waals surface area contributed by atoms with Gasteiger partial charge in [0, 0.05) is 18.9 Å². The lowest BCUT2D eigenvalue weighted by atomic mass is 10.1. The molecule has 0 saturated carbocycles. The molecular weight excluding hydrogens is 388 g/mol. The first-order chi connectivity index (χ1) is 13.5. The maximum Gasteiger partial charge on any atom is 0.320 e. The Morgan fingerprint density at radius 3 is 2.82 bits per heavy atom. The van der Waals surface area contributed by atoms with Gasteiger partial charge in [-0.3, -0.25) is 13.8 Å². The number of rotatable bonds is 7. The van der Waals surface area contributed by atoms with Crippen molar-refractivity contribution in [3.63, 3.8) is 0 Å². The number of aliphatic hydroxyl groups excluding tert-OH is 2. The third-order valence-corrected chi connectivity index (χ3v) is 5.10. The third-order valence-electron chi connectivity index (χ3n) is 4.85. The molecule has 3 aromatic rings. The monoisotopic (exact) mass is 408 g/mol. The molecule has 1 aliphatic heterocycles. The van der Waals surface area contributed by atoms with E-state index in [1.807, 2.05) is 0 Å². The molecule has 4 heterocycles. The van der Waals surface area contributed by atoms with Crippen LogP contribution in [0.5, 0.6) is 0 Å². The van der Waals surface area contributed by atoms with Gasteiger partial charge in [0.05, 0.1) is 6.33 Å². The number of aliphatic carboxylic acids is 1. The molecule has 0 spiro atoms. The average Bonchev–Trinajstić information content (AvgIpc) is 3.37. The number of carboxylic acid groups (broad SMARTS) is 1. The fourth-order valence-electron chi connectivity index (χ4n) is 3.36. The van der Waals surface area contributed by atoms with Crippen LogP contribution in [0.1, 0.15) is 12.6 Å². The predicted molar refractivity (Wildman–Crippen MR) is 100 cm³/mol. The quantitative estimate of drug-likeness (QED) is 0.313. The van der Waals surface area contributed by atoms with Gasteiger partial charge < -0.3 is 25.4 Å². The number of imidazole rings is 2. The Labute approximate surface area is 164 Å². The van der Waals surface area contributed by atoms with Gasteiger partial charge in [-0.15, -0.1) is 0 Å². The van der Waals surface area contributed by atoms with Crippen LogP contribution in [-0.2, 0) is 9.53 Å². The SMILES string of the molecule is O=C(O)[C@H](CCS)NC[C@H]1O[C@@H](n2cnc3c2ncn2ccnc32)[C@H](O)[C@@H]1O. The van der Waals surface area contributed by atoms with E-state index in [0.717, 1.165) is 0 Å². The Morgan fingerprint density at radius 2 is 2.07 bits per heavy atom. The summed E-state index contributed by atoms with van der Waals surface area (Å²) in [5, 5.41) is 32.9. The van der Waals surface area contributed by atoms with Gasteiger partial charge in [-0.25, -0.2) is 15.0 Å². The molecule has 28 heavy (non-hydrogen) atoms. The maximum absolute atomic E-state index is 11.2. The van der Waals surface area contributed by atoms with Crippen LogP contribution < -0.4 is 5.32 Å². The zero-order valence-corrected chi connectivity index (χ0v) is 15.6. The lowest BCUT2D eigenvalue weighted by Crippen LogP contribution is -2.44. The van der Waals surface area contributed by atoms with E-state index in [2.05, 4.69) is 32.9 Å². The van der Waals surface area contributed by atoms with E-state index in [0.29, 0.717) is 29.0 Å². The van der Waals surface area contributed by atoms with Crippen LogP contribution in [0.3, 0.4) is 0 Å². The van der Waals surface area contributed by atoms with Crippen LogP contribution in [0.25, 0.3) is 16.8 Å². The number of fused-ring (bicyclic) bond motifs is 3. The summed E-state index contributed by atoms with van der Waals surface area (Å²) in [6, 6.07) is -0.811. The summed E-state index contributed by atoms with van der Waals surface area (Å²) in [5.74, 6) is -0.606. The van der Waals surface area contributed by atoms with Crippen molar-refractivity contribution in [3.05, 3.63) is 25.0 Å². The van der Waals surface area contributed by atoms with E-state index in [4.69, 9.17) is 4.74 Å². The summed E-state index contributed by atoms with van der Waals surface area (Å²) < 4.78 is 9.09. The van der Waals surface area contributed by atoms with E-state index < -0.39 is 36.6 Å². The predicted octanol–water partition coefficient (Wildman–Crippen LogP) is -0.939. The summed E-state index contributed by atoms with van der Waals surface area (Å²) in [5.41, 5.74) is 1.62. The Kier molecular flexibility index (Phi) is 5.21. The number of nitrogens with one attached hydrogen (secondary N) is 1. The second kappa shape index (κ2) is 7.64. The van der Waals surface area contributed by atoms with Crippen molar-refractivity contribution in [2.75, 3.05) is 12.3 Å². The molecule has 0 aliphatic carbocycles. The molecule has 0 unspecified atom stereocenters. The highest BCUT2D eigenvalue weighted by Crippen LogP contribution is 2.31. The molecule has 1 saturated heterocycles. The van der Waals surface area contributed by atoms with Gasteiger partial charge in [-0.05, 0) is 12.2 Å². The first-order valence-corrected chi connectivity index (χ1v) is 9.37. The Bertz CT molecular complexity index is 992. The molecule has 0 bridgehead atoms. The van der Waals surface area contributed by atoms with E-state index in [1.54, 1.807) is 27.7 Å². The number of ether oxygens (including phenoxy) is 1. The van der Waals surface area contributed by atoms with Gasteiger partial charge in [-0.2, -0.15) is 12.6 Å². The highest BCUT2D eigenvalue weighted by atomic mass is 32.1. The van der Waals surface area contributed by atoms with E-state index in [1.165, 1.54) is 6.33 Å². The normalized spacial score (nSPS) is 26.2. The summed E-state index contributed by atoms with van der Waals surface area (Å²) >= 11 is 4.05. The Balaban J connectivity index is 1.54. The largest absolute Gasteiger partial charge is 0.480 e. The lowest BCUT2D eigenvalue weighted by Gasteiger charge is -2.19. The zero-order valence-electron chi connectivity index (χ0n) is 14.7. The number of thiol groups is 1. The smallest absolute Gasteiger partial charge is 0.320 e. The van der Waals surface area contributed by atoms with Gasteiger partial charge in [0.25, 0.3) is 0 Å². The van der Waals surface area contributed by atoms with E-state index >= 15 is 0 Å². The van der Waals surface area contributed by atoms with Crippen LogP contribution in [-0.4, -0.2) is 81.9 Å². The van der Waals surface area contributed by atoms with Crippen molar-refractivity contribution in [1.29, 1.82) is 0 Å². The molecule has 4 rings (SSSR count). The molecule has 0 radical (unpaired) electrons. The maximum atomic E-state index is 11.2. The average molecular weight is 408 g/mol. The first kappa shape index (κ1) is 19.1. The molecule has 4 N–H and O–H groups in total. The summed E-state index contributed by atoms with van der Waals surface area (Å²) in [7, 11) is 0. The van der Waals surface area contributed by atoms with Crippen molar-refractivity contribution in [2.45, 2.75) is 37.0 Å². The first-order valence-electron chi connectivity index (χ1n) is 8.74. The lowest BCUT2D eigenvalue weighted by molar-refractivity contribution is -0.139. The molecule has 0 amide bonds. The Hall–Kier alpha value is -2.25. The van der Waals surface area contributed by atoms with Gasteiger partial charge in [0.2, 0.25) is 0 Å². The number of aromatic nitrogens is 5. The number of carboxylic acids is 1. The van der Waals surface area contributed by atoms with Crippen molar-refractivity contribution < 1.29 is 24.9 Å². The minimum Gasteiger partial charge on any atom is -0.480 e. The summed E-state index contributed by atoms with van der Waals surface area (Å²) in [4.78, 5) is 24.1. The fraction of sp³-hybridized carbons (Fsp3) is 0.500. The number of hydrogen-bond donors (Lipinski definition) is 5. The second-order valence-electron chi connectivity index (χ2n) is 6.58. The minimum absolute atomic E-state index is 0.0596. The zero-order chi connectivity index (χ0) is 19.8. The molecule has 1 fully saturated rings. The highest BCUT2D eigenvalue weighted by Gasteiger charge is 2.44. The standard InChI is InChI=1S/C16H20N6O5S/c23-11-9(5-18-8(1-4-28)16(25)26)27-15(12(11)24)22-7-19-10-13-17-2-3-21(13)6-20-14(10)22/h2-3,6-9,11-12,15,18,23-24,28H,1,4-5H2,(H,25,26)/t8-,9+,11+,12+,15+/m0/s1. The molecule has 11 nitrogen and oxygen atoms in total. The van der Waals surface area contributed by atoms with Crippen LogP contribution in [0.4, 0.5) is 0 Å². The molecule has 1 aliphatic rings. The van der Waals surface area contributed by atoms with Crippen molar-refractivity contribution in [2.24, 2.45) is 0 Å². The third kappa shape index (κ3) is 3.22. The van der Waals surface area contributed by atoms with Crippen molar-refractivity contribution in [3.8, 4) is 0 Å². The summed E-state index contributed by atoms with van der Waals surface area (Å²) in [6.45, 7) is 0.0596. The van der Waals surface area contributed by atoms with Gasteiger partial charge in [-0.1, -0.05) is 0 Å². The molecule has 12 heteroatoms. The number of carbonyl (C=O) groups is 1. The Morgan fingerprint density at radius 1 is 1.25 bits per heavy atom. The van der Waals surface area contributed by atoms with Crippen LogP contribution in [0.2, 0.25) is 0 Å². The van der Waals surface area contributed by atoms with Crippen molar-refractivity contribution in [1.82, 2.24) is 29.2 Å². The second-order valence-corrected chi connectivity index (χ2v) is 7.03. The van der Waals surface area contributed by atoms with Crippen LogP contribution in [0, 0.1) is 0 Å². The fourth-order valence-corrected chi connectivity index (χ4v) is 3.62. The number of hydrogen-bond acceptors (Lipinski definition) is 9. The van der Waals surface area contributed by atoms with E-state index in [9.17, 15) is 20.1 Å². The molecule has 3 aromatic heterocycles. The topological polar surface area (TPSA) is 147 Å². The van der Waals surface area contributed by atoms with Gasteiger partial charge >= 0.3 is 5.97 Å². The van der Waals surface area contributed by atoms with E-state index in [-0.39, 0.29) is 6.54 Å². The number of aliphatic hydroxyl groups is 2. The van der Waals surface area contributed by atoms with Gasteiger partial charge in [0.1, 0.15) is 30.7 Å². The van der Waals surface area contributed by atoms with Crippen LogP contribution in [0.15, 0.2) is 25.0 Å². The molecule has 5 atom stereocenters. The number of nitrogens with zero attached hydrogens (tertiary/aromatic N) is 5. The molecular formula is C16H20N6O5S. The summed E-state index contributed by atoms with van der Waals surface area (Å²) in [6.07, 6.45) is 2.62. The molecule has 0 aromatic carbocycles. The van der Waals surface area contributed by atoms with Gasteiger partial charge in [0.15, 0.2) is 23.0 Å².